The molecular formula is C36H49N5O5. The number of aromatic nitrogens is 1. The third kappa shape index (κ3) is 6.84. The van der Waals surface area contributed by atoms with E-state index in [2.05, 4.69) is 9.88 Å². The van der Waals surface area contributed by atoms with Crippen LogP contribution in [0.15, 0.2) is 48.7 Å². The highest BCUT2D eigenvalue weighted by Gasteiger charge is 2.52. The Morgan fingerprint density at radius 3 is 2.28 bits per heavy atom. The second-order valence-electron chi connectivity index (χ2n) is 12.5. The lowest BCUT2D eigenvalue weighted by Crippen LogP contribution is -2.67. The highest BCUT2D eigenvalue weighted by molar-refractivity contribution is 6.04. The van der Waals surface area contributed by atoms with E-state index in [0.29, 0.717) is 55.0 Å². The van der Waals surface area contributed by atoms with Gasteiger partial charge in [0.1, 0.15) is 11.6 Å². The van der Waals surface area contributed by atoms with Crippen LogP contribution in [-0.2, 0) is 26.5 Å². The number of carbonyl (C=O) groups excluding carboxylic acids is 3. The average Bonchev–Trinajstić information content (AvgIpc) is 3.50. The van der Waals surface area contributed by atoms with Gasteiger partial charge in [0.2, 0.25) is 11.8 Å². The predicted octanol–water partition coefficient (Wildman–Crippen LogP) is 4.60. The molecule has 3 aromatic rings. The molecule has 0 radical (unpaired) electrons. The number of H-pyrrole nitrogens is 1. The largest absolute Gasteiger partial charge is 0.490 e. The van der Waals surface area contributed by atoms with Crippen molar-refractivity contribution < 1.29 is 23.9 Å². The number of nitrogens with one attached hydrogen (secondary N) is 1. The highest BCUT2D eigenvalue weighted by Crippen LogP contribution is 2.36. The molecule has 2 aromatic carbocycles. The molecule has 2 atom stereocenters. The fourth-order valence-electron chi connectivity index (χ4n) is 7.24. The van der Waals surface area contributed by atoms with E-state index in [9.17, 15) is 14.4 Å². The van der Waals surface area contributed by atoms with Gasteiger partial charge in [0.15, 0.2) is 17.3 Å². The maximum absolute atomic E-state index is 14.9. The molecule has 0 aliphatic carbocycles. The van der Waals surface area contributed by atoms with Gasteiger partial charge in [-0.2, -0.15) is 0 Å². The van der Waals surface area contributed by atoms with Crippen molar-refractivity contribution in [1.82, 2.24) is 19.7 Å². The first-order valence-corrected chi connectivity index (χ1v) is 16.7. The number of carbonyl (C=O) groups is 3. The molecular weight excluding hydrogens is 582 g/mol. The Morgan fingerprint density at radius 2 is 1.63 bits per heavy atom. The number of ketones is 1. The van der Waals surface area contributed by atoms with Gasteiger partial charge in [-0.15, -0.1) is 0 Å². The number of piperidine rings is 2. The molecule has 46 heavy (non-hydrogen) atoms. The molecule has 5 rings (SSSR count). The zero-order chi connectivity index (χ0) is 32.8. The molecule has 0 bridgehead atoms. The number of imide groups is 1. The molecule has 2 fully saturated rings. The number of ether oxygens (including phenoxy) is 2. The zero-order valence-corrected chi connectivity index (χ0v) is 27.7. The monoisotopic (exact) mass is 631 g/mol. The number of likely N-dealkylation sites (tertiary alicyclic amines) is 2. The van der Waals surface area contributed by atoms with Crippen molar-refractivity contribution in [2.24, 2.45) is 5.73 Å². The number of nitrogens with two attached hydrogens (primary N) is 1. The molecule has 2 amide bonds. The molecule has 10 heteroatoms. The lowest BCUT2D eigenvalue weighted by molar-refractivity contribution is -0.153. The molecule has 3 heterocycles. The maximum atomic E-state index is 14.9. The molecule has 10 nitrogen and oxygen atoms in total. The molecule has 2 aliphatic heterocycles. The third-order valence-corrected chi connectivity index (χ3v) is 9.65. The van der Waals surface area contributed by atoms with Crippen LogP contribution in [0, 0.1) is 0 Å². The van der Waals surface area contributed by atoms with Gasteiger partial charge in [-0.3, -0.25) is 24.2 Å². The van der Waals surface area contributed by atoms with E-state index < -0.39 is 23.4 Å². The van der Waals surface area contributed by atoms with E-state index in [0.717, 1.165) is 36.8 Å². The Morgan fingerprint density at radius 1 is 0.957 bits per heavy atom. The minimum Gasteiger partial charge on any atom is -0.490 e. The van der Waals surface area contributed by atoms with Crippen LogP contribution in [0.1, 0.15) is 70.9 Å². The van der Waals surface area contributed by atoms with Crippen molar-refractivity contribution in [3.8, 4) is 11.5 Å². The van der Waals surface area contributed by atoms with Crippen molar-refractivity contribution in [1.29, 1.82) is 0 Å². The lowest BCUT2D eigenvalue weighted by atomic mass is 9.77. The summed E-state index contributed by atoms with van der Waals surface area (Å²) in [6.45, 7) is 10.9. The van der Waals surface area contributed by atoms with Gasteiger partial charge in [-0.1, -0.05) is 30.7 Å². The summed E-state index contributed by atoms with van der Waals surface area (Å²) in [6, 6.07) is 12.4. The predicted molar refractivity (Wildman–Crippen MR) is 179 cm³/mol. The first-order chi connectivity index (χ1) is 22.2. The van der Waals surface area contributed by atoms with E-state index in [1.165, 1.54) is 38.0 Å². The molecule has 0 spiro atoms. The highest BCUT2D eigenvalue weighted by atomic mass is 16.5. The second kappa shape index (κ2) is 14.8. The topological polar surface area (TPSA) is 121 Å². The minimum absolute atomic E-state index is 0.00323. The Kier molecular flexibility index (Phi) is 10.8. The van der Waals surface area contributed by atoms with Crippen molar-refractivity contribution in [3.63, 3.8) is 0 Å². The summed E-state index contributed by atoms with van der Waals surface area (Å²) < 4.78 is 11.5. The Bertz CT molecular complexity index is 1520. The second-order valence-corrected chi connectivity index (χ2v) is 12.5. The summed E-state index contributed by atoms with van der Waals surface area (Å²) in [4.78, 5) is 51.1. The van der Waals surface area contributed by atoms with Gasteiger partial charge in [-0.25, -0.2) is 0 Å². The van der Waals surface area contributed by atoms with E-state index in [1.54, 1.807) is 18.3 Å². The van der Waals surface area contributed by atoms with Crippen molar-refractivity contribution >= 4 is 28.5 Å². The van der Waals surface area contributed by atoms with Gasteiger partial charge in [0, 0.05) is 48.7 Å². The number of nitrogens with zero attached hydrogens (tertiary/aromatic N) is 3. The Balaban J connectivity index is 1.53. The fourth-order valence-corrected chi connectivity index (χ4v) is 7.24. The Labute approximate surface area is 272 Å². The number of Topliss-reactive ketones (excluding diaryl/α,β-unsaturated/α-hetero) is 1. The van der Waals surface area contributed by atoms with Gasteiger partial charge in [0.25, 0.3) is 0 Å². The maximum Gasteiger partial charge on any atom is 0.249 e. The molecule has 3 N–H and O–H groups in total. The van der Waals surface area contributed by atoms with Crippen molar-refractivity contribution in [2.75, 3.05) is 39.4 Å². The van der Waals surface area contributed by atoms with Crippen LogP contribution in [0.3, 0.4) is 0 Å². The molecule has 1 aromatic heterocycles. The first-order valence-electron chi connectivity index (χ1n) is 16.7. The fraction of sp³-hybridized carbons (Fsp3) is 0.528. The van der Waals surface area contributed by atoms with Gasteiger partial charge >= 0.3 is 0 Å². The summed E-state index contributed by atoms with van der Waals surface area (Å²) in [5.74, 6) is -0.101. The molecule has 2 aliphatic rings. The first kappa shape index (κ1) is 33.6. The van der Waals surface area contributed by atoms with Crippen LogP contribution >= 0.6 is 0 Å². The molecule has 0 saturated carbocycles. The third-order valence-electron chi connectivity index (χ3n) is 9.65. The van der Waals surface area contributed by atoms with Crippen LogP contribution < -0.4 is 15.2 Å². The van der Waals surface area contributed by atoms with Crippen molar-refractivity contribution in [3.05, 3.63) is 59.8 Å². The summed E-state index contributed by atoms with van der Waals surface area (Å²) >= 11 is 0. The number of rotatable bonds is 12. The van der Waals surface area contributed by atoms with Crippen LogP contribution in [-0.4, -0.2) is 88.8 Å². The number of benzene rings is 2. The summed E-state index contributed by atoms with van der Waals surface area (Å²) in [7, 11) is 0. The number of amides is 2. The van der Waals surface area contributed by atoms with E-state index in [1.807, 2.05) is 49.1 Å². The lowest BCUT2D eigenvalue weighted by Gasteiger charge is -2.47. The standard InChI is InChI=1S/C36H49N5O5/c1-5-45-32-15-14-27(22-33(32)46-6-2)24-41(26(4)43)35(44)34(40-20-16-28(17-21-40)39-18-10-7-11-19-39)36(37,25(3)42)30-23-38-31-13-9-8-12-29(30)31/h8-9,12-15,22-23,28,34,38H,5-7,10-11,16-21,24,37H2,1-4H3. The van der Waals surface area contributed by atoms with Gasteiger partial charge < -0.3 is 25.1 Å². The quantitative estimate of drug-likeness (QED) is 0.298. The summed E-state index contributed by atoms with van der Waals surface area (Å²) in [6.07, 6.45) is 7.16. The minimum atomic E-state index is -1.71. The molecule has 2 saturated heterocycles. The van der Waals surface area contributed by atoms with E-state index >= 15 is 0 Å². The van der Waals surface area contributed by atoms with Gasteiger partial charge in [0.05, 0.1) is 19.8 Å². The number of hydrogen-bond acceptors (Lipinski definition) is 8. The van der Waals surface area contributed by atoms with Gasteiger partial charge in [-0.05, 0) is 83.3 Å². The van der Waals surface area contributed by atoms with Crippen molar-refractivity contribution in [2.45, 2.75) is 84.0 Å². The van der Waals surface area contributed by atoms with Crippen LogP contribution in [0.25, 0.3) is 10.9 Å². The molecule has 248 valence electrons. The van der Waals surface area contributed by atoms with E-state index in [4.69, 9.17) is 15.2 Å². The number of hydrogen-bond donors (Lipinski definition) is 2. The Hall–Kier alpha value is -3.73. The average molecular weight is 632 g/mol. The zero-order valence-electron chi connectivity index (χ0n) is 27.7. The van der Waals surface area contributed by atoms with E-state index in [-0.39, 0.29) is 12.3 Å². The summed E-state index contributed by atoms with van der Waals surface area (Å²) in [5, 5.41) is 0.781. The smallest absolute Gasteiger partial charge is 0.249 e. The van der Waals surface area contributed by atoms with Crippen LogP contribution in [0.2, 0.25) is 0 Å². The number of para-hydroxylation sites is 1. The molecule has 2 unspecified atom stereocenters. The normalized spacial score (nSPS) is 18.5. The van der Waals surface area contributed by atoms with Crippen LogP contribution in [0.5, 0.6) is 11.5 Å². The SMILES string of the molecule is CCOc1ccc(CN(C(C)=O)C(=O)C(N2CCC(N3CCCCC3)CC2)C(N)(C(C)=O)c2c[nH]c3ccccc23)cc1OCC. The number of fused-ring (bicyclic) bond motifs is 1. The number of aromatic amines is 1. The van der Waals surface area contributed by atoms with Crippen LogP contribution in [0.4, 0.5) is 0 Å². The summed E-state index contributed by atoms with van der Waals surface area (Å²) in [5.41, 5.74) is 7.63.